The van der Waals surface area contributed by atoms with E-state index in [1.807, 2.05) is 6.07 Å². The Hall–Kier alpha value is -6.05. The number of benzene rings is 2. The molecule has 1 saturated carbocycles. The second-order valence-corrected chi connectivity index (χ2v) is 17.2. The number of ether oxygens (including phenoxy) is 7. The monoisotopic (exact) mass is 918 g/mol. The molecular formula is C52H67FO13. The lowest BCUT2D eigenvalue weighted by Crippen LogP contribution is -2.44. The molecule has 0 amide bonds. The standard InChI is InChI=1S/C52H67FO13/c1-10-11-12-13-15-38-17-19-39(20-18-38)40-21-23-43(44(53)29-40)41-22-24-45(42(28-41)16-14-25-62-48(56)34(2)3)63-30-52(33-66-49(57)35(4)5,31-64-46(54)26-36(6)50(58)60-8)32-65-47(55)27-37(7)51(59)61-9/h21-24,28-29,38-39H,2,4,6-7,10-20,25-27,30-33H2,1,3,5,8-9H3. The summed E-state index contributed by atoms with van der Waals surface area (Å²) in [5.74, 6) is -3.87. The van der Waals surface area contributed by atoms with E-state index < -0.39 is 80.5 Å². The highest BCUT2D eigenvalue weighted by Crippen LogP contribution is 2.39. The first-order valence-corrected chi connectivity index (χ1v) is 22.5. The Balaban J connectivity index is 1.98. The summed E-state index contributed by atoms with van der Waals surface area (Å²) in [5, 5.41) is 0. The first kappa shape index (κ1) is 54.3. The number of methoxy groups -OCH3 is 2. The van der Waals surface area contributed by atoms with Crippen LogP contribution in [0, 0.1) is 17.2 Å². The van der Waals surface area contributed by atoms with Gasteiger partial charge in [0.1, 0.15) is 43.4 Å². The van der Waals surface area contributed by atoms with Crippen LogP contribution in [-0.4, -0.2) is 83.1 Å². The molecule has 1 fully saturated rings. The molecule has 66 heavy (non-hydrogen) atoms. The fourth-order valence-electron chi connectivity index (χ4n) is 7.47. The molecule has 3 rings (SSSR count). The Morgan fingerprint density at radius 2 is 1.24 bits per heavy atom. The lowest BCUT2D eigenvalue weighted by atomic mass is 9.77. The predicted molar refractivity (Wildman–Crippen MR) is 247 cm³/mol. The fourth-order valence-corrected chi connectivity index (χ4v) is 7.47. The topological polar surface area (TPSA) is 167 Å². The number of unbranched alkanes of at least 4 members (excludes halogenated alkanes) is 3. The van der Waals surface area contributed by atoms with E-state index >= 15 is 4.39 Å². The summed E-state index contributed by atoms with van der Waals surface area (Å²) in [7, 11) is 2.26. The van der Waals surface area contributed by atoms with Crippen LogP contribution in [0.25, 0.3) is 11.1 Å². The van der Waals surface area contributed by atoms with E-state index in [9.17, 15) is 28.8 Å². The molecule has 0 radical (unpaired) electrons. The van der Waals surface area contributed by atoms with Gasteiger partial charge in [-0.3, -0.25) is 9.59 Å². The van der Waals surface area contributed by atoms with Gasteiger partial charge in [0, 0.05) is 27.9 Å². The maximum Gasteiger partial charge on any atom is 0.333 e. The molecule has 2 aromatic rings. The highest BCUT2D eigenvalue weighted by atomic mass is 19.1. The second kappa shape index (κ2) is 27.4. The zero-order valence-electron chi connectivity index (χ0n) is 39.4. The lowest BCUT2D eigenvalue weighted by molar-refractivity contribution is -0.163. The first-order chi connectivity index (χ1) is 31.4. The van der Waals surface area contributed by atoms with Crippen molar-refractivity contribution in [3.05, 3.63) is 102 Å². The minimum atomic E-state index is -1.61. The van der Waals surface area contributed by atoms with Gasteiger partial charge in [0.25, 0.3) is 0 Å². The summed E-state index contributed by atoms with van der Waals surface area (Å²) in [6, 6.07) is 10.5. The number of carbonyl (C=O) groups is 6. The van der Waals surface area contributed by atoms with Crippen molar-refractivity contribution in [1.82, 2.24) is 0 Å². The number of aryl methyl sites for hydroxylation is 1. The third kappa shape index (κ3) is 17.7. The zero-order chi connectivity index (χ0) is 48.8. The molecule has 0 bridgehead atoms. The molecule has 1 aliphatic carbocycles. The van der Waals surface area contributed by atoms with Crippen molar-refractivity contribution in [2.45, 2.75) is 110 Å². The predicted octanol–water partition coefficient (Wildman–Crippen LogP) is 9.60. The van der Waals surface area contributed by atoms with E-state index in [-0.39, 0.29) is 34.7 Å². The van der Waals surface area contributed by atoms with Crippen molar-refractivity contribution >= 4 is 35.8 Å². The molecule has 13 nitrogen and oxygen atoms in total. The van der Waals surface area contributed by atoms with Gasteiger partial charge < -0.3 is 33.2 Å². The van der Waals surface area contributed by atoms with Crippen molar-refractivity contribution < 1.29 is 66.3 Å². The van der Waals surface area contributed by atoms with Gasteiger partial charge in [-0.2, -0.15) is 0 Å². The summed E-state index contributed by atoms with van der Waals surface area (Å²) < 4.78 is 53.8. The molecule has 0 spiro atoms. The lowest BCUT2D eigenvalue weighted by Gasteiger charge is -2.32. The van der Waals surface area contributed by atoms with Crippen LogP contribution >= 0.6 is 0 Å². The average molecular weight is 919 g/mol. The van der Waals surface area contributed by atoms with Gasteiger partial charge in [-0.05, 0) is 99.1 Å². The fraction of sp³-hybridized carbons (Fsp3) is 0.500. The molecule has 360 valence electrons. The number of hydrogen-bond acceptors (Lipinski definition) is 13. The Bertz CT molecular complexity index is 2030. The summed E-state index contributed by atoms with van der Waals surface area (Å²) in [4.78, 5) is 74.9. The highest BCUT2D eigenvalue weighted by Gasteiger charge is 2.38. The number of rotatable bonds is 28. The van der Waals surface area contributed by atoms with Crippen molar-refractivity contribution in [2.75, 3.05) is 47.3 Å². The van der Waals surface area contributed by atoms with Gasteiger partial charge in [-0.25, -0.2) is 23.6 Å². The van der Waals surface area contributed by atoms with Gasteiger partial charge in [0.05, 0.1) is 33.7 Å². The SMILES string of the molecule is C=C(C)C(=O)OCCCc1cc(-c2ccc(C3CCC(CCCCCC)CC3)cc2F)ccc1OCC(COC(=O)CC(=C)C(=O)OC)(COC(=O)CC(=C)C(=O)OC)COC(=O)C(=C)C. The zero-order valence-corrected chi connectivity index (χ0v) is 39.4. The smallest absolute Gasteiger partial charge is 0.333 e. The summed E-state index contributed by atoms with van der Waals surface area (Å²) in [6.45, 7) is 17.5. The van der Waals surface area contributed by atoms with Gasteiger partial charge in [0.15, 0.2) is 0 Å². The third-order valence-electron chi connectivity index (χ3n) is 11.5. The van der Waals surface area contributed by atoms with Crippen LogP contribution in [0.3, 0.4) is 0 Å². The Morgan fingerprint density at radius 3 is 1.79 bits per heavy atom. The quantitative estimate of drug-likeness (QED) is 0.0343. The molecule has 2 aromatic carbocycles. The molecule has 0 N–H and O–H groups in total. The minimum Gasteiger partial charge on any atom is -0.492 e. The van der Waals surface area contributed by atoms with E-state index in [0.717, 1.165) is 51.4 Å². The first-order valence-electron chi connectivity index (χ1n) is 22.5. The van der Waals surface area contributed by atoms with Crippen molar-refractivity contribution in [3.63, 3.8) is 0 Å². The maximum absolute atomic E-state index is 16.1. The Morgan fingerprint density at radius 1 is 0.667 bits per heavy atom. The van der Waals surface area contributed by atoms with E-state index in [0.29, 0.717) is 41.2 Å². The van der Waals surface area contributed by atoms with Crippen LogP contribution in [0.1, 0.15) is 115 Å². The molecular weight excluding hydrogens is 852 g/mol. The molecule has 14 heteroatoms. The van der Waals surface area contributed by atoms with E-state index in [2.05, 4.69) is 42.7 Å². The summed E-state index contributed by atoms with van der Waals surface area (Å²) in [6.07, 6.45) is 10.2. The maximum atomic E-state index is 16.1. The van der Waals surface area contributed by atoms with Crippen molar-refractivity contribution in [2.24, 2.45) is 11.3 Å². The van der Waals surface area contributed by atoms with Gasteiger partial charge >= 0.3 is 35.8 Å². The van der Waals surface area contributed by atoms with Crippen LogP contribution < -0.4 is 4.74 Å². The van der Waals surface area contributed by atoms with Crippen molar-refractivity contribution in [3.8, 4) is 16.9 Å². The molecule has 0 aromatic heterocycles. The van der Waals surface area contributed by atoms with Gasteiger partial charge in [-0.1, -0.05) is 83.5 Å². The average Bonchev–Trinajstić information content (AvgIpc) is 3.30. The molecule has 0 unspecified atom stereocenters. The van der Waals surface area contributed by atoms with Crippen LogP contribution in [0.2, 0.25) is 0 Å². The Kier molecular flexibility index (Phi) is 22.6. The van der Waals surface area contributed by atoms with Crippen LogP contribution in [0.5, 0.6) is 5.75 Å². The molecule has 0 aliphatic heterocycles. The molecule has 1 aliphatic rings. The van der Waals surface area contributed by atoms with Crippen LogP contribution in [0.4, 0.5) is 4.39 Å². The van der Waals surface area contributed by atoms with E-state index in [1.54, 1.807) is 30.3 Å². The summed E-state index contributed by atoms with van der Waals surface area (Å²) in [5.41, 5.74) is 0.818. The van der Waals surface area contributed by atoms with Crippen LogP contribution in [-0.2, 0) is 63.6 Å². The molecule has 0 atom stereocenters. The normalized spacial score (nSPS) is 14.5. The number of esters is 6. The van der Waals surface area contributed by atoms with E-state index in [1.165, 1.54) is 46.0 Å². The number of hydrogen-bond donors (Lipinski definition) is 0. The van der Waals surface area contributed by atoms with Crippen molar-refractivity contribution in [1.29, 1.82) is 0 Å². The number of halogens is 1. The molecule has 0 saturated heterocycles. The van der Waals surface area contributed by atoms with Crippen LogP contribution in [0.15, 0.2) is 85.0 Å². The minimum absolute atomic E-state index is 0.0415. The number of carbonyl (C=O) groups excluding carboxylic acids is 6. The second-order valence-electron chi connectivity index (χ2n) is 17.2. The molecule has 0 heterocycles. The third-order valence-corrected chi connectivity index (χ3v) is 11.5. The summed E-state index contributed by atoms with van der Waals surface area (Å²) >= 11 is 0. The highest BCUT2D eigenvalue weighted by molar-refractivity contribution is 5.94. The van der Waals surface area contributed by atoms with E-state index in [4.69, 9.17) is 23.7 Å². The van der Waals surface area contributed by atoms with Gasteiger partial charge in [0.2, 0.25) is 0 Å². The largest absolute Gasteiger partial charge is 0.492 e. The van der Waals surface area contributed by atoms with Gasteiger partial charge in [-0.15, -0.1) is 0 Å². The Labute approximate surface area is 388 Å².